The molecule has 1 aromatic heterocycles. The minimum atomic E-state index is -0.417. The normalized spacial score (nSPS) is 17.8. The number of primary amides is 1. The van der Waals surface area contributed by atoms with Crippen LogP contribution >= 0.6 is 11.6 Å². The molecule has 1 aliphatic rings. The Morgan fingerprint density at radius 1 is 1.25 bits per heavy atom. The van der Waals surface area contributed by atoms with Crippen molar-refractivity contribution in [2.24, 2.45) is 12.8 Å². The van der Waals surface area contributed by atoms with E-state index in [1.165, 1.54) is 0 Å². The van der Waals surface area contributed by atoms with Gasteiger partial charge in [0.15, 0.2) is 0 Å². The molecule has 1 amide bonds. The predicted octanol–water partition coefficient (Wildman–Crippen LogP) is 0.813. The van der Waals surface area contributed by atoms with Crippen molar-refractivity contribution >= 4 is 17.5 Å². The van der Waals surface area contributed by atoms with Gasteiger partial charge in [0.25, 0.3) is 0 Å². The van der Waals surface area contributed by atoms with Crippen molar-refractivity contribution in [2.75, 3.05) is 26.2 Å². The van der Waals surface area contributed by atoms with E-state index in [1.54, 1.807) is 18.5 Å². The smallest absolute Gasteiger partial charge is 0.239 e. The van der Waals surface area contributed by atoms with Crippen LogP contribution in [0.3, 0.4) is 0 Å². The molecular weight excluding hydrogens is 328 g/mol. The van der Waals surface area contributed by atoms with Crippen LogP contribution in [0, 0.1) is 0 Å². The highest BCUT2D eigenvalue weighted by Crippen LogP contribution is 2.24. The highest BCUT2D eigenvalue weighted by Gasteiger charge is 2.29. The van der Waals surface area contributed by atoms with Crippen molar-refractivity contribution in [1.29, 1.82) is 0 Å². The van der Waals surface area contributed by atoms with Crippen LogP contribution in [0.25, 0.3) is 0 Å². The average Bonchev–Trinajstić information content (AvgIpc) is 2.96. The second-order valence-electron chi connectivity index (χ2n) is 6.03. The van der Waals surface area contributed by atoms with Crippen LogP contribution in [0.2, 0.25) is 5.02 Å². The summed E-state index contributed by atoms with van der Waals surface area (Å²) in [4.78, 5) is 16.4. The predicted molar refractivity (Wildman–Crippen MR) is 91.2 cm³/mol. The molecule has 8 heteroatoms. The molecule has 2 heterocycles. The summed E-state index contributed by atoms with van der Waals surface area (Å²) >= 11 is 5.93. The monoisotopic (exact) mass is 348 g/mol. The van der Waals surface area contributed by atoms with Crippen LogP contribution in [0.5, 0.6) is 0 Å². The fourth-order valence-corrected chi connectivity index (χ4v) is 3.16. The number of hydrogen-bond donors (Lipinski definition) is 1. The Labute approximate surface area is 146 Å². The van der Waals surface area contributed by atoms with E-state index in [1.807, 2.05) is 23.7 Å². The number of aromatic nitrogens is 3. The van der Waals surface area contributed by atoms with Crippen LogP contribution in [0.4, 0.5) is 0 Å². The number of hydrogen-bond acceptors (Lipinski definition) is 5. The van der Waals surface area contributed by atoms with Gasteiger partial charge >= 0.3 is 0 Å². The number of carbonyl (C=O) groups is 1. The maximum absolute atomic E-state index is 12.0. The fourth-order valence-electron chi connectivity index (χ4n) is 3.03. The van der Waals surface area contributed by atoms with Gasteiger partial charge in [0.05, 0.1) is 6.54 Å². The Hall–Kier alpha value is -1.96. The lowest BCUT2D eigenvalue weighted by molar-refractivity contribution is -0.124. The molecule has 0 saturated carbocycles. The molecule has 1 saturated heterocycles. The number of benzene rings is 1. The molecule has 1 aliphatic heterocycles. The Kier molecular flexibility index (Phi) is 5.13. The van der Waals surface area contributed by atoms with Gasteiger partial charge in [-0.2, -0.15) is 0 Å². The number of nitrogens with two attached hydrogens (primary N) is 1. The molecule has 2 aromatic rings. The van der Waals surface area contributed by atoms with Gasteiger partial charge in [-0.1, -0.05) is 23.7 Å². The van der Waals surface area contributed by atoms with E-state index in [-0.39, 0.29) is 5.91 Å². The topological polar surface area (TPSA) is 80.3 Å². The zero-order chi connectivity index (χ0) is 17.1. The number of piperazine rings is 1. The van der Waals surface area contributed by atoms with Crippen LogP contribution in [-0.2, 0) is 18.4 Å². The second-order valence-corrected chi connectivity index (χ2v) is 6.46. The maximum atomic E-state index is 12.0. The first-order valence-corrected chi connectivity index (χ1v) is 8.26. The summed E-state index contributed by atoms with van der Waals surface area (Å²) in [7, 11) is 1.94. The number of amides is 1. The van der Waals surface area contributed by atoms with Crippen LogP contribution < -0.4 is 5.73 Å². The van der Waals surface area contributed by atoms with Gasteiger partial charge in [-0.05, 0) is 17.7 Å². The lowest BCUT2D eigenvalue weighted by Gasteiger charge is -2.38. The number of rotatable bonds is 5. The standard InChI is InChI=1S/C16H21ClN6O/c1-21-11-19-20-14(21)10-22-6-8-23(9-7-22)15(16(18)24)12-2-4-13(17)5-3-12/h2-5,11,15H,6-10H2,1H3,(H2,18,24). The van der Waals surface area contributed by atoms with Gasteiger partial charge in [0.1, 0.15) is 18.2 Å². The van der Waals surface area contributed by atoms with E-state index in [4.69, 9.17) is 17.3 Å². The molecule has 1 unspecified atom stereocenters. The summed E-state index contributed by atoms with van der Waals surface area (Å²) in [6, 6.07) is 6.89. The quantitative estimate of drug-likeness (QED) is 0.865. The maximum Gasteiger partial charge on any atom is 0.239 e. The molecule has 24 heavy (non-hydrogen) atoms. The van der Waals surface area contributed by atoms with Gasteiger partial charge in [0.2, 0.25) is 5.91 Å². The molecule has 1 fully saturated rings. The number of halogens is 1. The van der Waals surface area contributed by atoms with Gasteiger partial charge in [-0.3, -0.25) is 14.6 Å². The molecule has 0 radical (unpaired) electrons. The third-order valence-electron chi connectivity index (χ3n) is 4.40. The van der Waals surface area contributed by atoms with Crippen LogP contribution in [-0.4, -0.2) is 56.7 Å². The number of aryl methyl sites for hydroxylation is 1. The molecule has 7 nitrogen and oxygen atoms in total. The highest BCUT2D eigenvalue weighted by molar-refractivity contribution is 6.30. The van der Waals surface area contributed by atoms with E-state index in [0.29, 0.717) is 5.02 Å². The van der Waals surface area contributed by atoms with E-state index in [0.717, 1.165) is 44.1 Å². The summed E-state index contributed by atoms with van der Waals surface area (Å²) < 4.78 is 1.92. The Balaban J connectivity index is 1.64. The van der Waals surface area contributed by atoms with Gasteiger partial charge in [-0.15, -0.1) is 10.2 Å². The molecule has 0 bridgehead atoms. The SMILES string of the molecule is Cn1cnnc1CN1CCN(C(C(N)=O)c2ccc(Cl)cc2)CC1. The van der Waals surface area contributed by atoms with Crippen molar-refractivity contribution in [1.82, 2.24) is 24.6 Å². The first kappa shape index (κ1) is 16.9. The molecular formula is C16H21ClN6O. The zero-order valence-corrected chi connectivity index (χ0v) is 14.4. The van der Waals surface area contributed by atoms with Gasteiger partial charge < -0.3 is 10.3 Å². The fraction of sp³-hybridized carbons (Fsp3) is 0.438. The first-order valence-electron chi connectivity index (χ1n) is 7.88. The summed E-state index contributed by atoms with van der Waals surface area (Å²) in [5, 5.41) is 8.67. The van der Waals surface area contributed by atoms with Crippen LogP contribution in [0.1, 0.15) is 17.4 Å². The Morgan fingerprint density at radius 3 is 2.46 bits per heavy atom. The molecule has 0 aliphatic carbocycles. The van der Waals surface area contributed by atoms with Crippen molar-refractivity contribution in [3.63, 3.8) is 0 Å². The van der Waals surface area contributed by atoms with E-state index in [2.05, 4.69) is 20.0 Å². The third kappa shape index (κ3) is 3.75. The first-order chi connectivity index (χ1) is 11.5. The van der Waals surface area contributed by atoms with Crippen molar-refractivity contribution in [2.45, 2.75) is 12.6 Å². The summed E-state index contributed by atoms with van der Waals surface area (Å²) in [5.74, 6) is 0.603. The van der Waals surface area contributed by atoms with E-state index >= 15 is 0 Å². The molecule has 128 valence electrons. The molecule has 2 N–H and O–H groups in total. The van der Waals surface area contributed by atoms with E-state index in [9.17, 15) is 4.79 Å². The third-order valence-corrected chi connectivity index (χ3v) is 4.65. The number of carbonyl (C=O) groups excluding carboxylic acids is 1. The summed E-state index contributed by atoms with van der Waals surface area (Å²) in [5.41, 5.74) is 6.54. The minimum absolute atomic E-state index is 0.334. The highest BCUT2D eigenvalue weighted by atomic mass is 35.5. The molecule has 3 rings (SSSR count). The molecule has 0 spiro atoms. The minimum Gasteiger partial charge on any atom is -0.368 e. The lowest BCUT2D eigenvalue weighted by Crippen LogP contribution is -2.50. The van der Waals surface area contributed by atoms with Crippen LogP contribution in [0.15, 0.2) is 30.6 Å². The second kappa shape index (κ2) is 7.29. The largest absolute Gasteiger partial charge is 0.368 e. The Morgan fingerprint density at radius 2 is 1.92 bits per heavy atom. The zero-order valence-electron chi connectivity index (χ0n) is 13.6. The lowest BCUT2D eigenvalue weighted by atomic mass is 10.0. The average molecular weight is 349 g/mol. The number of nitrogens with zero attached hydrogens (tertiary/aromatic N) is 5. The van der Waals surface area contributed by atoms with Gasteiger partial charge in [-0.25, -0.2) is 0 Å². The van der Waals surface area contributed by atoms with E-state index < -0.39 is 6.04 Å². The Bertz CT molecular complexity index is 693. The summed E-state index contributed by atoms with van der Waals surface area (Å²) in [6.07, 6.45) is 1.70. The van der Waals surface area contributed by atoms with Crippen molar-refractivity contribution in [3.05, 3.63) is 47.0 Å². The van der Waals surface area contributed by atoms with Crippen molar-refractivity contribution < 1.29 is 4.79 Å². The van der Waals surface area contributed by atoms with Gasteiger partial charge in [0, 0.05) is 38.2 Å². The summed E-state index contributed by atoms with van der Waals surface area (Å²) in [6.45, 7) is 4.00. The molecule has 1 atom stereocenters. The molecule has 1 aromatic carbocycles. The van der Waals surface area contributed by atoms with Crippen molar-refractivity contribution in [3.8, 4) is 0 Å².